The lowest BCUT2D eigenvalue weighted by Crippen LogP contribution is -2.16. The highest BCUT2D eigenvalue weighted by Crippen LogP contribution is 2.29. The second-order valence-corrected chi connectivity index (χ2v) is 12.9. The first kappa shape index (κ1) is 22.4. The molecule has 0 unspecified atom stereocenters. The Morgan fingerprint density at radius 2 is 1.67 bits per heavy atom. The highest BCUT2D eigenvalue weighted by Gasteiger charge is 2.30. The van der Waals surface area contributed by atoms with Crippen LogP contribution in [0.15, 0.2) is 76.2 Å². The lowest BCUT2D eigenvalue weighted by molar-refractivity contribution is 0.0995. The number of primary amides is 1. The van der Waals surface area contributed by atoms with Gasteiger partial charge in [-0.1, -0.05) is 24.3 Å². The van der Waals surface area contributed by atoms with E-state index in [1.54, 1.807) is 42.7 Å². The number of nitrogens with two attached hydrogens (primary N) is 1. The molecule has 0 aliphatic rings. The van der Waals surface area contributed by atoms with E-state index >= 15 is 0 Å². The second kappa shape index (κ2) is 7.98. The van der Waals surface area contributed by atoms with E-state index in [0.29, 0.717) is 23.3 Å². The SMILES string of the molecule is CS(=O)(=O)S(=O)(=O)c1ccc(-n2nc(C(N)=O)cc2-c2ccc(-c3ccco3)cc2)cc1F. The van der Waals surface area contributed by atoms with Gasteiger partial charge >= 0.3 is 0 Å². The van der Waals surface area contributed by atoms with Gasteiger partial charge in [-0.05, 0) is 30.3 Å². The predicted octanol–water partition coefficient (Wildman–Crippen LogP) is 2.77. The number of hydrogen-bond donors (Lipinski definition) is 1. The first-order chi connectivity index (χ1) is 15.5. The molecule has 0 aliphatic heterocycles. The molecule has 9 nitrogen and oxygen atoms in total. The van der Waals surface area contributed by atoms with E-state index < -0.39 is 34.4 Å². The Morgan fingerprint density at radius 1 is 1.00 bits per heavy atom. The van der Waals surface area contributed by atoms with Crippen LogP contribution in [0.2, 0.25) is 0 Å². The number of carbonyl (C=O) groups is 1. The van der Waals surface area contributed by atoms with E-state index in [1.165, 1.54) is 16.8 Å². The average Bonchev–Trinajstić information content (AvgIpc) is 3.43. The van der Waals surface area contributed by atoms with Gasteiger partial charge in [-0.2, -0.15) is 5.10 Å². The number of halogens is 1. The van der Waals surface area contributed by atoms with Crippen LogP contribution in [0.4, 0.5) is 4.39 Å². The van der Waals surface area contributed by atoms with Crippen LogP contribution in [0.5, 0.6) is 0 Å². The maximum atomic E-state index is 14.7. The Balaban J connectivity index is 1.82. The van der Waals surface area contributed by atoms with Crippen LogP contribution in [-0.4, -0.2) is 38.8 Å². The summed E-state index contributed by atoms with van der Waals surface area (Å²) in [6.07, 6.45) is 2.02. The van der Waals surface area contributed by atoms with E-state index in [4.69, 9.17) is 10.2 Å². The van der Waals surface area contributed by atoms with E-state index in [1.807, 2.05) is 0 Å². The van der Waals surface area contributed by atoms with Crippen molar-refractivity contribution < 1.29 is 30.4 Å². The molecule has 0 saturated carbocycles. The zero-order chi connectivity index (χ0) is 24.0. The maximum absolute atomic E-state index is 14.7. The lowest BCUT2D eigenvalue weighted by Gasteiger charge is -2.10. The second-order valence-electron chi connectivity index (χ2n) is 7.02. The molecular weight excluding hydrogens is 473 g/mol. The van der Waals surface area contributed by atoms with E-state index in [9.17, 15) is 26.0 Å². The van der Waals surface area contributed by atoms with Crippen molar-refractivity contribution in [1.82, 2.24) is 9.78 Å². The molecule has 0 radical (unpaired) electrons. The number of aromatic nitrogens is 2. The Labute approximate surface area is 187 Å². The fraction of sp³-hybridized carbons (Fsp3) is 0.0476. The van der Waals surface area contributed by atoms with Gasteiger partial charge in [0.2, 0.25) is 0 Å². The van der Waals surface area contributed by atoms with E-state index in [-0.39, 0.29) is 11.4 Å². The lowest BCUT2D eigenvalue weighted by atomic mass is 10.1. The number of benzene rings is 2. The van der Waals surface area contributed by atoms with Gasteiger partial charge in [-0.3, -0.25) is 4.79 Å². The highest BCUT2D eigenvalue weighted by atomic mass is 33.2. The smallest absolute Gasteiger partial charge is 0.284 e. The van der Waals surface area contributed by atoms with Crippen molar-refractivity contribution in [2.24, 2.45) is 5.73 Å². The van der Waals surface area contributed by atoms with E-state index in [2.05, 4.69) is 5.10 Å². The molecule has 2 heterocycles. The van der Waals surface area contributed by atoms with Gasteiger partial charge in [0.25, 0.3) is 23.6 Å². The van der Waals surface area contributed by atoms with Crippen LogP contribution in [0.3, 0.4) is 0 Å². The van der Waals surface area contributed by atoms with Crippen molar-refractivity contribution in [1.29, 1.82) is 0 Å². The maximum Gasteiger partial charge on any atom is 0.284 e. The number of furan rings is 1. The summed E-state index contributed by atoms with van der Waals surface area (Å²) in [6, 6.07) is 14.8. The number of amides is 1. The van der Waals surface area contributed by atoms with Crippen LogP contribution in [0.25, 0.3) is 28.3 Å². The van der Waals surface area contributed by atoms with Gasteiger partial charge in [0.1, 0.15) is 16.5 Å². The van der Waals surface area contributed by atoms with Gasteiger partial charge in [0, 0.05) is 17.2 Å². The third-order valence-electron chi connectivity index (χ3n) is 4.78. The van der Waals surface area contributed by atoms with Gasteiger partial charge in [0.05, 0.1) is 23.9 Å². The number of rotatable bonds is 6. The fourth-order valence-electron chi connectivity index (χ4n) is 3.14. The highest BCUT2D eigenvalue weighted by molar-refractivity contribution is 8.66. The van der Waals surface area contributed by atoms with Crippen molar-refractivity contribution in [2.75, 3.05) is 6.26 Å². The largest absolute Gasteiger partial charge is 0.464 e. The fourth-order valence-corrected chi connectivity index (χ4v) is 5.38. The summed E-state index contributed by atoms with van der Waals surface area (Å²) in [5, 5.41) is 4.10. The third-order valence-corrected chi connectivity index (χ3v) is 9.37. The summed E-state index contributed by atoms with van der Waals surface area (Å²) < 4.78 is 68.6. The van der Waals surface area contributed by atoms with Crippen molar-refractivity contribution >= 4 is 23.6 Å². The minimum absolute atomic E-state index is 0.0533. The normalized spacial score (nSPS) is 12.1. The standard InChI is InChI=1S/C21H16FN3O6S2/c1-32(27,28)33(29,30)20-9-8-15(11-16(20)22)25-18(12-17(24-25)21(23)26)13-4-6-14(7-5-13)19-3-2-10-31-19/h2-12H,1H3,(H2,23,26). The number of hydrogen-bond acceptors (Lipinski definition) is 7. The molecule has 12 heteroatoms. The van der Waals surface area contributed by atoms with Crippen molar-refractivity contribution in [3.05, 3.63) is 78.4 Å². The molecule has 1 amide bonds. The summed E-state index contributed by atoms with van der Waals surface area (Å²) in [6.45, 7) is 0. The summed E-state index contributed by atoms with van der Waals surface area (Å²) >= 11 is 0. The topological polar surface area (TPSA) is 142 Å². The van der Waals surface area contributed by atoms with Gasteiger partial charge in [-0.15, -0.1) is 0 Å². The minimum atomic E-state index is -4.92. The van der Waals surface area contributed by atoms with Crippen LogP contribution >= 0.6 is 0 Å². The van der Waals surface area contributed by atoms with Crippen molar-refractivity contribution in [2.45, 2.75) is 4.90 Å². The predicted molar refractivity (Wildman–Crippen MR) is 117 cm³/mol. The summed E-state index contributed by atoms with van der Waals surface area (Å²) in [5.41, 5.74) is 7.06. The van der Waals surface area contributed by atoms with Gasteiger partial charge in [0.15, 0.2) is 5.69 Å². The monoisotopic (exact) mass is 489 g/mol. The molecule has 2 aromatic heterocycles. The average molecular weight is 490 g/mol. The van der Waals surface area contributed by atoms with Crippen molar-refractivity contribution in [3.8, 4) is 28.3 Å². The molecule has 0 bridgehead atoms. The molecule has 0 spiro atoms. The summed E-state index contributed by atoms with van der Waals surface area (Å²) in [7, 11) is -9.51. The molecule has 4 rings (SSSR count). The molecule has 2 N–H and O–H groups in total. The van der Waals surface area contributed by atoms with Crippen LogP contribution < -0.4 is 5.73 Å². The molecule has 2 aromatic carbocycles. The zero-order valence-electron chi connectivity index (χ0n) is 17.0. The molecule has 0 aliphatic carbocycles. The van der Waals surface area contributed by atoms with Gasteiger partial charge in [-0.25, -0.2) is 25.9 Å². The molecular formula is C21H16FN3O6S2. The summed E-state index contributed by atoms with van der Waals surface area (Å²) in [5.74, 6) is -1.45. The quantitative estimate of drug-likeness (QED) is 0.410. The van der Waals surface area contributed by atoms with E-state index in [0.717, 1.165) is 17.7 Å². The Bertz CT molecular complexity index is 1570. The Morgan fingerprint density at radius 3 is 2.21 bits per heavy atom. The van der Waals surface area contributed by atoms with Crippen LogP contribution in [0, 0.1) is 5.82 Å². The number of nitrogens with zero attached hydrogens (tertiary/aromatic N) is 2. The third kappa shape index (κ3) is 4.05. The Hall–Kier alpha value is -3.77. The zero-order valence-corrected chi connectivity index (χ0v) is 18.6. The molecule has 4 aromatic rings. The minimum Gasteiger partial charge on any atom is -0.464 e. The van der Waals surface area contributed by atoms with Crippen LogP contribution in [0.1, 0.15) is 10.5 Å². The number of carbonyl (C=O) groups excluding carboxylic acids is 1. The molecule has 0 fully saturated rings. The van der Waals surface area contributed by atoms with Crippen LogP contribution in [-0.2, 0) is 17.7 Å². The summed E-state index contributed by atoms with van der Waals surface area (Å²) in [4.78, 5) is 10.7. The first-order valence-electron chi connectivity index (χ1n) is 9.28. The molecule has 170 valence electrons. The molecule has 0 atom stereocenters. The van der Waals surface area contributed by atoms with Crippen molar-refractivity contribution in [3.63, 3.8) is 0 Å². The molecule has 0 saturated heterocycles. The Kier molecular flexibility index (Phi) is 5.42. The molecule has 33 heavy (non-hydrogen) atoms. The first-order valence-corrected chi connectivity index (χ1v) is 13.2. The van der Waals surface area contributed by atoms with Gasteiger partial charge < -0.3 is 10.2 Å².